The summed E-state index contributed by atoms with van der Waals surface area (Å²) < 4.78 is 26.3. The van der Waals surface area contributed by atoms with Crippen molar-refractivity contribution >= 4 is 15.8 Å². The molecule has 0 unspecified atom stereocenters. The predicted octanol–water partition coefficient (Wildman–Crippen LogP) is 1.18. The molecule has 0 spiro atoms. The van der Waals surface area contributed by atoms with Gasteiger partial charge in [0.1, 0.15) is 11.9 Å². The number of hydrogen-bond donors (Lipinski definition) is 2. The normalized spacial score (nSPS) is 11.2. The summed E-state index contributed by atoms with van der Waals surface area (Å²) in [5, 5.41) is 21.0. The third-order valence-corrected chi connectivity index (χ3v) is 5.41. The Morgan fingerprint density at radius 3 is 2.75 bits per heavy atom. The van der Waals surface area contributed by atoms with Crippen molar-refractivity contribution in [3.63, 3.8) is 0 Å². The van der Waals surface area contributed by atoms with Gasteiger partial charge in [-0.05, 0) is 23.8 Å². The fourth-order valence-electron chi connectivity index (χ4n) is 2.15. The lowest BCUT2D eigenvalue weighted by Crippen LogP contribution is -2.30. The van der Waals surface area contributed by atoms with Crippen LogP contribution in [0.5, 0.6) is 0 Å². The van der Waals surface area contributed by atoms with Crippen LogP contribution in [0.2, 0.25) is 0 Å². The van der Waals surface area contributed by atoms with Crippen molar-refractivity contribution in [1.29, 1.82) is 5.26 Å². The Labute approximate surface area is 141 Å². The van der Waals surface area contributed by atoms with Crippen LogP contribution in [0.25, 0.3) is 0 Å². The minimum atomic E-state index is -3.70. The van der Waals surface area contributed by atoms with E-state index in [1.54, 1.807) is 36.5 Å². The van der Waals surface area contributed by atoms with E-state index in [9.17, 15) is 8.42 Å². The Hall–Kier alpha value is -2.47. The Morgan fingerprint density at radius 2 is 2.04 bits per heavy atom. The Morgan fingerprint density at radius 1 is 1.29 bits per heavy atom. The number of likely N-dealkylation sites (N-methyl/N-ethyl adjacent to an activating group) is 1. The minimum Gasteiger partial charge on any atom is -0.395 e. The van der Waals surface area contributed by atoms with Crippen molar-refractivity contribution in [1.82, 2.24) is 9.29 Å². The molecular weight excluding hydrogens is 328 g/mol. The second-order valence-electron chi connectivity index (χ2n) is 5.02. The van der Waals surface area contributed by atoms with E-state index in [-0.39, 0.29) is 24.6 Å². The van der Waals surface area contributed by atoms with E-state index in [0.717, 1.165) is 4.31 Å². The molecule has 126 valence electrons. The van der Waals surface area contributed by atoms with Gasteiger partial charge in [-0.15, -0.1) is 0 Å². The molecule has 0 radical (unpaired) electrons. The fourth-order valence-corrected chi connectivity index (χ4v) is 3.53. The molecule has 2 aromatic rings. The summed E-state index contributed by atoms with van der Waals surface area (Å²) in [7, 11) is -2.28. The van der Waals surface area contributed by atoms with Crippen LogP contribution in [0.1, 0.15) is 11.1 Å². The molecule has 1 heterocycles. The molecule has 0 aliphatic carbocycles. The molecule has 0 aliphatic rings. The average Bonchev–Trinajstić information content (AvgIpc) is 2.60. The van der Waals surface area contributed by atoms with Gasteiger partial charge in [-0.3, -0.25) is 0 Å². The summed E-state index contributed by atoms with van der Waals surface area (Å²) in [5.41, 5.74) is 0.937. The van der Waals surface area contributed by atoms with Crippen LogP contribution in [0.3, 0.4) is 0 Å². The highest BCUT2D eigenvalue weighted by molar-refractivity contribution is 7.89. The number of aliphatic hydroxyl groups is 1. The average molecular weight is 346 g/mol. The summed E-state index contributed by atoms with van der Waals surface area (Å²) in [4.78, 5) is 4.25. The standard InChI is InChI=1S/C16H18N4O3S/c1-20(9-10-21)24(22,23)15-7-3-2-5-14(15)12-19-16-13(11-17)6-4-8-18-16/h2-8,21H,9-10,12H2,1H3,(H,18,19). The Kier molecular flexibility index (Phi) is 5.87. The van der Waals surface area contributed by atoms with Gasteiger partial charge in [-0.1, -0.05) is 18.2 Å². The molecule has 0 saturated carbocycles. The molecule has 1 aromatic carbocycles. The number of rotatable bonds is 7. The SMILES string of the molecule is CN(CCO)S(=O)(=O)c1ccccc1CNc1ncccc1C#N. The summed E-state index contributed by atoms with van der Waals surface area (Å²) in [6, 6.07) is 11.9. The quantitative estimate of drug-likeness (QED) is 0.780. The molecule has 0 saturated heterocycles. The second-order valence-corrected chi connectivity index (χ2v) is 7.04. The number of hydrogen-bond acceptors (Lipinski definition) is 6. The van der Waals surface area contributed by atoms with Gasteiger partial charge in [0.2, 0.25) is 10.0 Å². The number of nitriles is 1. The lowest BCUT2D eigenvalue weighted by atomic mass is 10.2. The van der Waals surface area contributed by atoms with Crippen LogP contribution >= 0.6 is 0 Å². The lowest BCUT2D eigenvalue weighted by Gasteiger charge is -2.18. The maximum absolute atomic E-state index is 12.6. The topological polar surface area (TPSA) is 106 Å². The Balaban J connectivity index is 2.28. The van der Waals surface area contributed by atoms with Gasteiger partial charge in [0.15, 0.2) is 0 Å². The molecule has 2 rings (SSSR count). The van der Waals surface area contributed by atoms with Crippen molar-refractivity contribution in [2.45, 2.75) is 11.4 Å². The number of pyridine rings is 1. The van der Waals surface area contributed by atoms with Crippen LogP contribution in [-0.4, -0.2) is 43.0 Å². The summed E-state index contributed by atoms with van der Waals surface area (Å²) >= 11 is 0. The largest absolute Gasteiger partial charge is 0.395 e. The molecule has 0 bridgehead atoms. The van der Waals surface area contributed by atoms with Crippen LogP contribution < -0.4 is 5.32 Å². The number of sulfonamides is 1. The predicted molar refractivity (Wildman–Crippen MR) is 89.6 cm³/mol. The van der Waals surface area contributed by atoms with Gasteiger partial charge in [0, 0.05) is 26.3 Å². The molecule has 0 atom stereocenters. The summed E-state index contributed by atoms with van der Waals surface area (Å²) in [5.74, 6) is 0.399. The summed E-state index contributed by atoms with van der Waals surface area (Å²) in [6.07, 6.45) is 1.56. The third-order valence-electron chi connectivity index (χ3n) is 3.45. The number of benzene rings is 1. The molecular formula is C16H18N4O3S. The number of nitrogens with zero attached hydrogens (tertiary/aromatic N) is 3. The van der Waals surface area contributed by atoms with Crippen molar-refractivity contribution < 1.29 is 13.5 Å². The second kappa shape index (κ2) is 7.88. The van der Waals surface area contributed by atoms with E-state index in [1.807, 2.05) is 6.07 Å². The van der Waals surface area contributed by atoms with E-state index in [1.165, 1.54) is 13.1 Å². The van der Waals surface area contributed by atoms with Gasteiger partial charge in [0.25, 0.3) is 0 Å². The van der Waals surface area contributed by atoms with E-state index >= 15 is 0 Å². The maximum Gasteiger partial charge on any atom is 0.243 e. The zero-order valence-corrected chi connectivity index (χ0v) is 14.0. The van der Waals surface area contributed by atoms with Crippen molar-refractivity contribution in [3.05, 3.63) is 53.7 Å². The van der Waals surface area contributed by atoms with Crippen molar-refractivity contribution in [3.8, 4) is 6.07 Å². The van der Waals surface area contributed by atoms with Gasteiger partial charge >= 0.3 is 0 Å². The Bertz CT molecular complexity index is 846. The van der Waals surface area contributed by atoms with Crippen LogP contribution in [0, 0.1) is 11.3 Å². The maximum atomic E-state index is 12.6. The molecule has 1 aromatic heterocycles. The first-order valence-corrected chi connectivity index (χ1v) is 8.68. The van der Waals surface area contributed by atoms with Gasteiger partial charge in [-0.2, -0.15) is 9.57 Å². The summed E-state index contributed by atoms with van der Waals surface area (Å²) in [6.45, 7) is -0.0351. The lowest BCUT2D eigenvalue weighted by molar-refractivity contribution is 0.266. The van der Waals surface area contributed by atoms with E-state index in [0.29, 0.717) is 16.9 Å². The van der Waals surface area contributed by atoms with Gasteiger partial charge in [0.05, 0.1) is 17.1 Å². The minimum absolute atomic E-state index is 0.0168. The first kappa shape index (κ1) is 17.9. The smallest absolute Gasteiger partial charge is 0.243 e. The van der Waals surface area contributed by atoms with Crippen LogP contribution in [0.4, 0.5) is 5.82 Å². The highest BCUT2D eigenvalue weighted by Gasteiger charge is 2.23. The zero-order chi connectivity index (χ0) is 17.6. The highest BCUT2D eigenvalue weighted by atomic mass is 32.2. The van der Waals surface area contributed by atoms with E-state index in [2.05, 4.69) is 10.3 Å². The fraction of sp³-hybridized carbons (Fsp3) is 0.250. The van der Waals surface area contributed by atoms with Gasteiger partial charge < -0.3 is 10.4 Å². The van der Waals surface area contributed by atoms with Crippen LogP contribution in [-0.2, 0) is 16.6 Å². The molecule has 2 N–H and O–H groups in total. The van der Waals surface area contributed by atoms with Crippen molar-refractivity contribution in [2.24, 2.45) is 0 Å². The highest BCUT2D eigenvalue weighted by Crippen LogP contribution is 2.20. The third kappa shape index (κ3) is 3.89. The number of anilines is 1. The molecule has 8 heteroatoms. The first-order valence-electron chi connectivity index (χ1n) is 7.24. The first-order chi connectivity index (χ1) is 11.5. The monoisotopic (exact) mass is 346 g/mol. The molecule has 7 nitrogen and oxygen atoms in total. The van der Waals surface area contributed by atoms with Gasteiger partial charge in [-0.25, -0.2) is 13.4 Å². The number of nitrogens with one attached hydrogen (secondary N) is 1. The molecule has 0 amide bonds. The number of aromatic nitrogens is 1. The van der Waals surface area contributed by atoms with Crippen LogP contribution in [0.15, 0.2) is 47.5 Å². The van der Waals surface area contributed by atoms with E-state index in [4.69, 9.17) is 10.4 Å². The van der Waals surface area contributed by atoms with E-state index < -0.39 is 10.0 Å². The van der Waals surface area contributed by atoms with Crippen molar-refractivity contribution in [2.75, 3.05) is 25.5 Å². The zero-order valence-electron chi connectivity index (χ0n) is 13.2. The molecule has 0 fully saturated rings. The molecule has 0 aliphatic heterocycles. The number of aliphatic hydroxyl groups excluding tert-OH is 1. The molecule has 24 heavy (non-hydrogen) atoms.